The van der Waals surface area contributed by atoms with Crippen LogP contribution in [0, 0.1) is 5.82 Å². The number of rotatable bonds is 3. The Hall–Kier alpha value is -1.62. The van der Waals surface area contributed by atoms with Crippen molar-refractivity contribution in [2.75, 3.05) is 18.3 Å². The second kappa shape index (κ2) is 5.46. The van der Waals surface area contributed by atoms with Gasteiger partial charge in [-0.1, -0.05) is 0 Å². The second-order valence-corrected chi connectivity index (χ2v) is 3.14. The minimum Gasteiger partial charge on any atom is -0.465 e. The third-order valence-electron chi connectivity index (χ3n) is 1.78. The van der Waals surface area contributed by atoms with Crippen molar-refractivity contribution in [3.8, 4) is 0 Å². The van der Waals surface area contributed by atoms with Gasteiger partial charge in [-0.2, -0.15) is 0 Å². The lowest BCUT2D eigenvalue weighted by Gasteiger charge is -2.06. The fourth-order valence-corrected chi connectivity index (χ4v) is 1.12. The second-order valence-electron chi connectivity index (χ2n) is 2.87. The van der Waals surface area contributed by atoms with Crippen molar-refractivity contribution in [3.63, 3.8) is 0 Å². The molecule has 0 atom stereocenters. The molecule has 1 aromatic rings. The smallest absolute Gasteiger partial charge is 0.337 e. The van der Waals surface area contributed by atoms with Crippen LogP contribution in [0.25, 0.3) is 0 Å². The lowest BCUT2D eigenvalue weighted by molar-refractivity contribution is -0.113. The fraction of sp³-hybridized carbons (Fsp3) is 0.200. The molecule has 0 aliphatic rings. The number of benzene rings is 1. The van der Waals surface area contributed by atoms with Gasteiger partial charge in [0.05, 0.1) is 18.4 Å². The highest BCUT2D eigenvalue weighted by molar-refractivity contribution is 6.29. The Kier molecular flexibility index (Phi) is 4.25. The van der Waals surface area contributed by atoms with Gasteiger partial charge in [0.2, 0.25) is 5.91 Å². The summed E-state index contributed by atoms with van der Waals surface area (Å²) in [4.78, 5) is 22.1. The van der Waals surface area contributed by atoms with E-state index in [0.717, 1.165) is 6.07 Å². The summed E-state index contributed by atoms with van der Waals surface area (Å²) in [5, 5.41) is 2.23. The van der Waals surface area contributed by atoms with Gasteiger partial charge in [-0.15, -0.1) is 11.6 Å². The van der Waals surface area contributed by atoms with Crippen molar-refractivity contribution in [2.24, 2.45) is 0 Å². The van der Waals surface area contributed by atoms with E-state index in [9.17, 15) is 14.0 Å². The average molecular weight is 246 g/mol. The fourth-order valence-electron chi connectivity index (χ4n) is 1.05. The Bertz CT molecular complexity index is 423. The van der Waals surface area contributed by atoms with Crippen LogP contribution in [0.4, 0.5) is 10.1 Å². The molecule has 1 aromatic carbocycles. The molecule has 4 nitrogen and oxygen atoms in total. The van der Waals surface area contributed by atoms with E-state index in [1.165, 1.54) is 19.2 Å². The zero-order chi connectivity index (χ0) is 12.1. The SMILES string of the molecule is COC(=O)c1ccc(F)c(NC(=O)CCl)c1. The molecule has 0 saturated carbocycles. The number of amides is 1. The molecule has 0 fully saturated rings. The van der Waals surface area contributed by atoms with Crippen molar-refractivity contribution < 1.29 is 18.7 Å². The molecule has 0 aromatic heterocycles. The van der Waals surface area contributed by atoms with Crippen LogP contribution in [0.5, 0.6) is 0 Å². The van der Waals surface area contributed by atoms with Crippen LogP contribution in [0.15, 0.2) is 18.2 Å². The van der Waals surface area contributed by atoms with E-state index in [2.05, 4.69) is 10.1 Å². The molecule has 0 radical (unpaired) electrons. The summed E-state index contributed by atoms with van der Waals surface area (Å²) in [6, 6.07) is 3.51. The molecule has 0 heterocycles. The van der Waals surface area contributed by atoms with E-state index < -0.39 is 17.7 Å². The van der Waals surface area contributed by atoms with Crippen molar-refractivity contribution in [1.82, 2.24) is 0 Å². The van der Waals surface area contributed by atoms with Gasteiger partial charge >= 0.3 is 5.97 Å². The number of methoxy groups -OCH3 is 1. The quantitative estimate of drug-likeness (QED) is 0.653. The van der Waals surface area contributed by atoms with Crippen molar-refractivity contribution >= 4 is 29.2 Å². The van der Waals surface area contributed by atoms with Crippen LogP contribution in [-0.2, 0) is 9.53 Å². The molecule has 1 amide bonds. The summed E-state index contributed by atoms with van der Waals surface area (Å²) in [5.74, 6) is -2.10. The Labute approximate surface area is 96.3 Å². The molecule has 16 heavy (non-hydrogen) atoms. The van der Waals surface area contributed by atoms with Crippen LogP contribution in [0.3, 0.4) is 0 Å². The minimum atomic E-state index is -0.647. The van der Waals surface area contributed by atoms with Crippen molar-refractivity contribution in [2.45, 2.75) is 0 Å². The topological polar surface area (TPSA) is 55.4 Å². The summed E-state index contributed by atoms with van der Waals surface area (Å²) in [5.41, 5.74) is 0.0438. The molecule has 0 bridgehead atoms. The maximum absolute atomic E-state index is 13.2. The van der Waals surface area contributed by atoms with Crippen LogP contribution in [-0.4, -0.2) is 24.9 Å². The Morgan fingerprint density at radius 1 is 1.50 bits per heavy atom. The molecule has 0 spiro atoms. The largest absolute Gasteiger partial charge is 0.465 e. The first-order valence-electron chi connectivity index (χ1n) is 4.32. The number of carbonyl (C=O) groups excluding carboxylic acids is 2. The summed E-state index contributed by atoms with van der Waals surface area (Å²) in [6.45, 7) is 0. The van der Waals surface area contributed by atoms with Gasteiger partial charge in [-0.25, -0.2) is 9.18 Å². The molecule has 86 valence electrons. The first kappa shape index (κ1) is 12.4. The summed E-state index contributed by atoms with van der Waals surface area (Å²) >= 11 is 5.26. The number of halogens is 2. The number of ether oxygens (including phenoxy) is 1. The lowest BCUT2D eigenvalue weighted by atomic mass is 10.2. The predicted octanol–water partition coefficient (Wildman–Crippen LogP) is 1.79. The molecular formula is C10H9ClFNO3. The van der Waals surface area contributed by atoms with Crippen LogP contribution in [0.1, 0.15) is 10.4 Å². The van der Waals surface area contributed by atoms with Crippen molar-refractivity contribution in [1.29, 1.82) is 0 Å². The highest BCUT2D eigenvalue weighted by Crippen LogP contribution is 2.16. The van der Waals surface area contributed by atoms with E-state index in [4.69, 9.17) is 11.6 Å². The highest BCUT2D eigenvalue weighted by Gasteiger charge is 2.11. The number of nitrogens with one attached hydrogen (secondary N) is 1. The van der Waals surface area contributed by atoms with E-state index >= 15 is 0 Å². The van der Waals surface area contributed by atoms with Gasteiger partial charge in [0.15, 0.2) is 0 Å². The zero-order valence-electron chi connectivity index (χ0n) is 8.42. The Morgan fingerprint density at radius 2 is 2.19 bits per heavy atom. The summed E-state index contributed by atoms with van der Waals surface area (Å²) in [7, 11) is 1.21. The van der Waals surface area contributed by atoms with E-state index in [-0.39, 0.29) is 17.1 Å². The van der Waals surface area contributed by atoms with E-state index in [1.54, 1.807) is 0 Å². The molecule has 0 aliphatic carbocycles. The van der Waals surface area contributed by atoms with Crippen LogP contribution < -0.4 is 5.32 Å². The number of alkyl halides is 1. The standard InChI is InChI=1S/C10H9ClFNO3/c1-16-10(15)6-2-3-7(12)8(4-6)13-9(14)5-11/h2-4H,5H2,1H3,(H,13,14). The monoisotopic (exact) mass is 245 g/mol. The molecule has 0 aliphatic heterocycles. The van der Waals surface area contributed by atoms with Gasteiger partial charge in [-0.05, 0) is 18.2 Å². The van der Waals surface area contributed by atoms with Gasteiger partial charge < -0.3 is 10.1 Å². The van der Waals surface area contributed by atoms with E-state index in [1.807, 2.05) is 0 Å². The minimum absolute atomic E-state index is 0.103. The number of hydrogen-bond donors (Lipinski definition) is 1. The molecule has 1 N–H and O–H groups in total. The van der Waals surface area contributed by atoms with Gasteiger partial charge in [0.25, 0.3) is 0 Å². The Morgan fingerprint density at radius 3 is 2.75 bits per heavy atom. The number of carbonyl (C=O) groups is 2. The number of esters is 1. The summed E-state index contributed by atoms with van der Waals surface area (Å²) < 4.78 is 17.7. The number of hydrogen-bond acceptors (Lipinski definition) is 3. The highest BCUT2D eigenvalue weighted by atomic mass is 35.5. The van der Waals surface area contributed by atoms with Gasteiger partial charge in [0, 0.05) is 0 Å². The third-order valence-corrected chi connectivity index (χ3v) is 2.03. The normalized spacial score (nSPS) is 9.69. The predicted molar refractivity (Wildman–Crippen MR) is 57.1 cm³/mol. The average Bonchev–Trinajstić information content (AvgIpc) is 2.30. The van der Waals surface area contributed by atoms with Crippen LogP contribution in [0.2, 0.25) is 0 Å². The zero-order valence-corrected chi connectivity index (χ0v) is 9.18. The maximum Gasteiger partial charge on any atom is 0.337 e. The van der Waals surface area contributed by atoms with Gasteiger partial charge in [0.1, 0.15) is 11.7 Å². The third kappa shape index (κ3) is 2.93. The first-order valence-corrected chi connectivity index (χ1v) is 4.85. The number of anilines is 1. The first-order chi connectivity index (χ1) is 7.58. The van der Waals surface area contributed by atoms with Gasteiger partial charge in [-0.3, -0.25) is 4.79 Å². The summed E-state index contributed by atoms with van der Waals surface area (Å²) in [6.07, 6.45) is 0. The molecule has 0 saturated heterocycles. The lowest BCUT2D eigenvalue weighted by Crippen LogP contribution is -2.14. The molecular weight excluding hydrogens is 237 g/mol. The molecule has 1 rings (SSSR count). The molecule has 0 unspecified atom stereocenters. The van der Waals surface area contributed by atoms with E-state index in [0.29, 0.717) is 0 Å². The maximum atomic E-state index is 13.2. The van der Waals surface area contributed by atoms with Crippen molar-refractivity contribution in [3.05, 3.63) is 29.6 Å². The van der Waals surface area contributed by atoms with Crippen LogP contribution >= 0.6 is 11.6 Å². The molecule has 6 heteroatoms. The Balaban J connectivity index is 2.99.